The zero-order chi connectivity index (χ0) is 18.8. The van der Waals surface area contributed by atoms with Gasteiger partial charge in [0, 0.05) is 11.1 Å². The van der Waals surface area contributed by atoms with Gasteiger partial charge in [-0.2, -0.15) is 0 Å². The van der Waals surface area contributed by atoms with Crippen LogP contribution in [-0.4, -0.2) is 35.9 Å². The Bertz CT molecular complexity index is 904. The van der Waals surface area contributed by atoms with Crippen LogP contribution < -0.4 is 9.47 Å². The Hall–Kier alpha value is -3.41. The molecule has 6 heteroatoms. The summed E-state index contributed by atoms with van der Waals surface area (Å²) in [6, 6.07) is 11.4. The Morgan fingerprint density at radius 2 is 1.65 bits per heavy atom. The maximum Gasteiger partial charge on any atom is 0.344 e. The predicted molar refractivity (Wildman–Crippen MR) is 93.8 cm³/mol. The molecule has 0 aromatic heterocycles. The number of hydrogen-bond acceptors (Lipinski definition) is 5. The predicted octanol–water partition coefficient (Wildman–Crippen LogP) is 3.01. The Morgan fingerprint density at radius 1 is 1.04 bits per heavy atom. The van der Waals surface area contributed by atoms with Crippen molar-refractivity contribution >= 4 is 23.6 Å². The molecule has 0 aliphatic heterocycles. The molecule has 26 heavy (non-hydrogen) atoms. The highest BCUT2D eigenvalue weighted by Gasteiger charge is 2.32. The highest BCUT2D eigenvalue weighted by atomic mass is 16.5. The van der Waals surface area contributed by atoms with Crippen LogP contribution in [0, 0.1) is 0 Å². The third-order valence-electron chi connectivity index (χ3n) is 4.06. The van der Waals surface area contributed by atoms with Crippen molar-refractivity contribution < 1.29 is 29.0 Å². The Balaban J connectivity index is 1.94. The van der Waals surface area contributed by atoms with Crippen LogP contribution >= 0.6 is 0 Å². The van der Waals surface area contributed by atoms with Crippen LogP contribution in [0.1, 0.15) is 33.2 Å². The second-order valence-electron chi connectivity index (χ2n) is 5.77. The first kappa shape index (κ1) is 17.4. The van der Waals surface area contributed by atoms with E-state index in [4.69, 9.17) is 14.6 Å². The molecule has 0 saturated heterocycles. The number of Topliss-reactive ketones (excluding diaryl/α,β-unsaturated/α-hetero) is 2. The minimum Gasteiger partial charge on any atom is -0.493 e. The fourth-order valence-corrected chi connectivity index (χ4v) is 2.68. The van der Waals surface area contributed by atoms with Crippen molar-refractivity contribution in [1.29, 1.82) is 0 Å². The van der Waals surface area contributed by atoms with E-state index < -0.39 is 12.1 Å². The first-order chi connectivity index (χ1) is 12.4. The molecule has 0 spiro atoms. The van der Waals surface area contributed by atoms with E-state index in [-0.39, 0.29) is 22.9 Å². The van der Waals surface area contributed by atoms with Gasteiger partial charge in [0.25, 0.3) is 0 Å². The van der Waals surface area contributed by atoms with Crippen molar-refractivity contribution in [3.8, 4) is 11.5 Å². The van der Waals surface area contributed by atoms with Gasteiger partial charge in [0.15, 0.2) is 29.2 Å². The molecule has 1 unspecified atom stereocenters. The first-order valence-electron chi connectivity index (χ1n) is 7.90. The molecule has 2 aromatic carbocycles. The molecule has 0 fully saturated rings. The van der Waals surface area contributed by atoms with E-state index in [1.165, 1.54) is 20.1 Å². The number of carboxylic acid groups (broad SMARTS) is 1. The summed E-state index contributed by atoms with van der Waals surface area (Å²) in [5.74, 6) is -1.16. The molecule has 0 amide bonds. The zero-order valence-corrected chi connectivity index (χ0v) is 14.2. The summed E-state index contributed by atoms with van der Waals surface area (Å²) in [5.41, 5.74) is 1.44. The number of carbonyl (C=O) groups is 3. The molecule has 3 rings (SSSR count). The third kappa shape index (κ3) is 3.09. The molecule has 1 aliphatic carbocycles. The molecular formula is C20H16O6. The number of hydrogen-bond donors (Lipinski definition) is 1. The second-order valence-corrected chi connectivity index (χ2v) is 5.77. The van der Waals surface area contributed by atoms with Crippen molar-refractivity contribution in [1.82, 2.24) is 0 Å². The second kappa shape index (κ2) is 6.84. The maximum absolute atomic E-state index is 12.4. The number of benzene rings is 2. The van der Waals surface area contributed by atoms with Crippen LogP contribution in [0.2, 0.25) is 0 Å². The van der Waals surface area contributed by atoms with Crippen LogP contribution in [0.5, 0.6) is 11.5 Å². The fourth-order valence-electron chi connectivity index (χ4n) is 2.68. The van der Waals surface area contributed by atoms with Crippen molar-refractivity contribution in [2.45, 2.75) is 13.0 Å². The molecule has 1 aliphatic rings. The molecule has 6 nitrogen and oxygen atoms in total. The highest BCUT2D eigenvalue weighted by molar-refractivity contribution is 6.41. The summed E-state index contributed by atoms with van der Waals surface area (Å²) >= 11 is 0. The topological polar surface area (TPSA) is 89.9 Å². The molecule has 2 aromatic rings. The molecular weight excluding hydrogens is 336 g/mol. The number of ketones is 2. The number of allylic oxidation sites excluding steroid dienone is 1. The molecule has 0 radical (unpaired) electrons. The average Bonchev–Trinajstić information content (AvgIpc) is 2.88. The van der Waals surface area contributed by atoms with E-state index >= 15 is 0 Å². The third-order valence-corrected chi connectivity index (χ3v) is 4.06. The molecule has 0 heterocycles. The fraction of sp³-hybridized carbons (Fsp3) is 0.150. The summed E-state index contributed by atoms with van der Waals surface area (Å²) in [7, 11) is 1.42. The number of methoxy groups -OCH3 is 1. The van der Waals surface area contributed by atoms with Crippen LogP contribution in [0.3, 0.4) is 0 Å². The van der Waals surface area contributed by atoms with Gasteiger partial charge in [-0.3, -0.25) is 9.59 Å². The zero-order valence-electron chi connectivity index (χ0n) is 14.2. The van der Waals surface area contributed by atoms with Crippen molar-refractivity contribution in [3.63, 3.8) is 0 Å². The van der Waals surface area contributed by atoms with Gasteiger partial charge < -0.3 is 14.6 Å². The number of aliphatic carboxylic acids is 1. The van der Waals surface area contributed by atoms with Crippen molar-refractivity contribution in [2.75, 3.05) is 7.11 Å². The lowest BCUT2D eigenvalue weighted by molar-refractivity contribution is -0.144. The van der Waals surface area contributed by atoms with Crippen molar-refractivity contribution in [2.24, 2.45) is 0 Å². The van der Waals surface area contributed by atoms with Gasteiger partial charge in [-0.05, 0) is 30.7 Å². The van der Waals surface area contributed by atoms with E-state index in [1.807, 2.05) is 0 Å². The molecule has 0 bridgehead atoms. The number of fused-ring (bicyclic) bond motifs is 1. The van der Waals surface area contributed by atoms with Gasteiger partial charge in [0.05, 0.1) is 12.7 Å². The van der Waals surface area contributed by atoms with E-state index in [0.29, 0.717) is 22.4 Å². The van der Waals surface area contributed by atoms with Gasteiger partial charge in [0.2, 0.25) is 0 Å². The molecule has 0 saturated carbocycles. The maximum atomic E-state index is 12.4. The molecule has 1 atom stereocenters. The van der Waals surface area contributed by atoms with Gasteiger partial charge in [-0.1, -0.05) is 30.3 Å². The van der Waals surface area contributed by atoms with E-state index in [0.717, 1.165) is 0 Å². The van der Waals surface area contributed by atoms with Gasteiger partial charge in [-0.15, -0.1) is 0 Å². The molecule has 1 N–H and O–H groups in total. The lowest BCUT2D eigenvalue weighted by Gasteiger charge is -2.14. The Labute approximate surface area is 149 Å². The summed E-state index contributed by atoms with van der Waals surface area (Å²) in [4.78, 5) is 35.8. The van der Waals surface area contributed by atoms with Gasteiger partial charge in [-0.25, -0.2) is 4.79 Å². The first-order valence-corrected chi connectivity index (χ1v) is 7.90. The number of ether oxygens (including phenoxy) is 2. The van der Waals surface area contributed by atoms with E-state index in [2.05, 4.69) is 0 Å². The molecule has 132 valence electrons. The van der Waals surface area contributed by atoms with Crippen LogP contribution in [0.15, 0.2) is 48.0 Å². The Morgan fingerprint density at radius 3 is 2.19 bits per heavy atom. The lowest BCUT2D eigenvalue weighted by atomic mass is 10.1. The quantitative estimate of drug-likeness (QED) is 0.657. The average molecular weight is 352 g/mol. The number of rotatable bonds is 5. The highest BCUT2D eigenvalue weighted by Crippen LogP contribution is 2.32. The standard InChI is InChI=1S/C20H16O6/c1-11(20(23)24)26-16-8-7-12(10-17(16)25-2)9-15-18(21)13-5-3-4-6-14(13)19(15)22/h3-11H,1-2H3,(H,23,24). The largest absolute Gasteiger partial charge is 0.493 e. The normalized spacial score (nSPS) is 14.0. The van der Waals surface area contributed by atoms with Crippen LogP contribution in [0.25, 0.3) is 6.08 Å². The number of carbonyl (C=O) groups excluding carboxylic acids is 2. The lowest BCUT2D eigenvalue weighted by Crippen LogP contribution is -2.23. The van der Waals surface area contributed by atoms with Gasteiger partial charge >= 0.3 is 5.97 Å². The van der Waals surface area contributed by atoms with Crippen LogP contribution in [0.4, 0.5) is 0 Å². The smallest absolute Gasteiger partial charge is 0.344 e. The van der Waals surface area contributed by atoms with Crippen molar-refractivity contribution in [3.05, 3.63) is 64.7 Å². The van der Waals surface area contributed by atoms with E-state index in [9.17, 15) is 14.4 Å². The monoisotopic (exact) mass is 352 g/mol. The summed E-state index contributed by atoms with van der Waals surface area (Å²) in [6.07, 6.45) is 0.456. The minimum atomic E-state index is -1.10. The summed E-state index contributed by atoms with van der Waals surface area (Å²) < 4.78 is 10.6. The van der Waals surface area contributed by atoms with Crippen LogP contribution in [-0.2, 0) is 4.79 Å². The van der Waals surface area contributed by atoms with Gasteiger partial charge in [0.1, 0.15) is 0 Å². The summed E-state index contributed by atoms with van der Waals surface area (Å²) in [6.45, 7) is 1.41. The summed E-state index contributed by atoms with van der Waals surface area (Å²) in [5, 5.41) is 8.95. The Kier molecular flexibility index (Phi) is 4.58. The van der Waals surface area contributed by atoms with E-state index in [1.54, 1.807) is 42.5 Å². The minimum absolute atomic E-state index is 0.0841. The number of carboxylic acids is 1. The SMILES string of the molecule is COc1cc(C=C2C(=O)c3ccccc3C2=O)ccc1OC(C)C(=O)O.